The number of hydrogen-bond donors (Lipinski definition) is 2. The van der Waals surface area contributed by atoms with Gasteiger partial charge in [0.15, 0.2) is 0 Å². The average molecular weight is 335 g/mol. The predicted octanol–water partition coefficient (Wildman–Crippen LogP) is 4.30. The molecule has 0 saturated carbocycles. The highest BCUT2D eigenvalue weighted by Crippen LogP contribution is 2.44. The molecule has 1 unspecified atom stereocenters. The van der Waals surface area contributed by atoms with Gasteiger partial charge in [0, 0.05) is 9.37 Å². The molecular formula is C14H11BrN2OS. The van der Waals surface area contributed by atoms with Crippen LogP contribution in [0.15, 0.2) is 62.9 Å². The van der Waals surface area contributed by atoms with Crippen molar-refractivity contribution in [2.75, 3.05) is 0 Å². The summed E-state index contributed by atoms with van der Waals surface area (Å²) in [6, 6.07) is 16.0. The van der Waals surface area contributed by atoms with E-state index in [0.717, 1.165) is 20.6 Å². The Balaban J connectivity index is 2.04. The van der Waals surface area contributed by atoms with E-state index in [1.807, 2.05) is 48.5 Å². The number of hydroxylamine groups is 1. The maximum absolute atomic E-state index is 9.31. The number of para-hydroxylation sites is 1. The van der Waals surface area contributed by atoms with Gasteiger partial charge in [-0.2, -0.15) is 0 Å². The van der Waals surface area contributed by atoms with Crippen molar-refractivity contribution in [3.05, 3.63) is 58.6 Å². The van der Waals surface area contributed by atoms with Crippen LogP contribution >= 0.6 is 27.7 Å². The van der Waals surface area contributed by atoms with Gasteiger partial charge in [-0.3, -0.25) is 10.7 Å². The molecule has 0 amide bonds. The van der Waals surface area contributed by atoms with E-state index < -0.39 is 0 Å². The van der Waals surface area contributed by atoms with E-state index >= 15 is 0 Å². The Morgan fingerprint density at radius 1 is 1.16 bits per heavy atom. The molecule has 3 rings (SSSR count). The Bertz CT molecular complexity index is 645. The van der Waals surface area contributed by atoms with Crippen LogP contribution in [-0.2, 0) is 0 Å². The quantitative estimate of drug-likeness (QED) is 0.764. The molecule has 2 aromatic rings. The molecule has 96 valence electrons. The molecule has 1 heterocycles. The van der Waals surface area contributed by atoms with Gasteiger partial charge in [-0.05, 0) is 29.8 Å². The minimum Gasteiger partial charge on any atom is -0.290 e. The van der Waals surface area contributed by atoms with Gasteiger partial charge in [-0.15, -0.1) is 11.8 Å². The molecule has 19 heavy (non-hydrogen) atoms. The van der Waals surface area contributed by atoms with Crippen LogP contribution in [0.25, 0.3) is 0 Å². The Morgan fingerprint density at radius 3 is 2.79 bits per heavy atom. The number of aliphatic imine (C=N–C) groups is 1. The van der Waals surface area contributed by atoms with E-state index in [9.17, 15) is 5.21 Å². The number of nitrogens with one attached hydrogen (secondary N) is 1. The Labute approximate surface area is 123 Å². The van der Waals surface area contributed by atoms with Crippen LogP contribution in [0, 0.1) is 0 Å². The van der Waals surface area contributed by atoms with Crippen LogP contribution in [0.2, 0.25) is 0 Å². The lowest BCUT2D eigenvalue weighted by molar-refractivity contribution is 0.232. The smallest absolute Gasteiger partial charge is 0.144 e. The molecule has 1 atom stereocenters. The third kappa shape index (κ3) is 2.54. The summed E-state index contributed by atoms with van der Waals surface area (Å²) in [5, 5.41) is 9.28. The number of rotatable bonds is 1. The topological polar surface area (TPSA) is 44.6 Å². The lowest BCUT2D eigenvalue weighted by Gasteiger charge is -2.23. The van der Waals surface area contributed by atoms with Gasteiger partial charge in [0.25, 0.3) is 0 Å². The number of halogens is 1. The summed E-state index contributed by atoms with van der Waals surface area (Å²) in [4.78, 5) is 5.59. The first-order valence-corrected chi connectivity index (χ1v) is 7.45. The summed E-state index contributed by atoms with van der Waals surface area (Å²) in [7, 11) is 0. The number of hydrogen-bond acceptors (Lipinski definition) is 4. The molecule has 0 aliphatic carbocycles. The molecule has 1 aliphatic heterocycles. The van der Waals surface area contributed by atoms with Crippen LogP contribution in [0.1, 0.15) is 10.8 Å². The molecule has 2 N–H and O–H groups in total. The molecule has 0 saturated heterocycles. The van der Waals surface area contributed by atoms with Gasteiger partial charge in [-0.25, -0.2) is 4.99 Å². The third-order valence-corrected chi connectivity index (χ3v) is 4.69. The summed E-state index contributed by atoms with van der Waals surface area (Å²) in [5.41, 5.74) is 4.20. The first-order valence-electron chi connectivity index (χ1n) is 5.78. The van der Waals surface area contributed by atoms with E-state index in [1.165, 1.54) is 0 Å². The zero-order valence-electron chi connectivity index (χ0n) is 9.88. The Hall–Kier alpha value is -1.30. The molecule has 0 bridgehead atoms. The van der Waals surface area contributed by atoms with Crippen LogP contribution in [0.5, 0.6) is 0 Å². The van der Waals surface area contributed by atoms with E-state index in [2.05, 4.69) is 26.4 Å². The summed E-state index contributed by atoms with van der Waals surface area (Å²) in [5.74, 6) is 0.557. The zero-order chi connectivity index (χ0) is 13.2. The van der Waals surface area contributed by atoms with Gasteiger partial charge >= 0.3 is 0 Å². The van der Waals surface area contributed by atoms with Crippen LogP contribution in [0.4, 0.5) is 5.69 Å². The van der Waals surface area contributed by atoms with Gasteiger partial charge < -0.3 is 0 Å². The second-order valence-corrected chi connectivity index (χ2v) is 6.19. The highest BCUT2D eigenvalue weighted by atomic mass is 79.9. The van der Waals surface area contributed by atoms with Crippen molar-refractivity contribution in [1.82, 2.24) is 5.48 Å². The van der Waals surface area contributed by atoms with Gasteiger partial charge in [0.05, 0.1) is 10.9 Å². The van der Waals surface area contributed by atoms with E-state index in [1.54, 1.807) is 11.8 Å². The van der Waals surface area contributed by atoms with Gasteiger partial charge in [-0.1, -0.05) is 40.2 Å². The van der Waals surface area contributed by atoms with Crippen LogP contribution in [0.3, 0.4) is 0 Å². The number of fused-ring (bicyclic) bond motifs is 1. The van der Waals surface area contributed by atoms with Crippen molar-refractivity contribution in [1.29, 1.82) is 0 Å². The molecule has 0 spiro atoms. The SMILES string of the molecule is ONC1=Nc2ccccc2SC1c1cccc(Br)c1. The summed E-state index contributed by atoms with van der Waals surface area (Å²) < 4.78 is 1.02. The Morgan fingerprint density at radius 2 is 2.00 bits per heavy atom. The molecule has 1 aliphatic rings. The number of amidine groups is 1. The first kappa shape index (κ1) is 12.7. The summed E-state index contributed by atoms with van der Waals surface area (Å²) >= 11 is 5.15. The van der Waals surface area contributed by atoms with Crippen molar-refractivity contribution >= 4 is 39.2 Å². The van der Waals surface area contributed by atoms with E-state index in [0.29, 0.717) is 5.84 Å². The Kier molecular flexibility index (Phi) is 3.59. The van der Waals surface area contributed by atoms with Crippen LogP contribution in [-0.4, -0.2) is 11.0 Å². The number of nitrogens with zero attached hydrogens (tertiary/aromatic N) is 1. The van der Waals surface area contributed by atoms with E-state index in [-0.39, 0.29) is 5.25 Å². The maximum Gasteiger partial charge on any atom is 0.144 e. The molecule has 0 radical (unpaired) electrons. The minimum absolute atomic E-state index is 0.0302. The minimum atomic E-state index is -0.0302. The van der Waals surface area contributed by atoms with E-state index in [4.69, 9.17) is 0 Å². The van der Waals surface area contributed by atoms with Crippen molar-refractivity contribution < 1.29 is 5.21 Å². The fourth-order valence-corrected chi connectivity index (χ4v) is 3.56. The highest BCUT2D eigenvalue weighted by molar-refractivity contribution is 9.10. The maximum atomic E-state index is 9.31. The second-order valence-electron chi connectivity index (χ2n) is 4.13. The fourth-order valence-electron chi connectivity index (χ4n) is 2.00. The lowest BCUT2D eigenvalue weighted by atomic mass is 10.1. The summed E-state index contributed by atoms with van der Waals surface area (Å²) in [6.45, 7) is 0. The molecule has 2 aromatic carbocycles. The lowest BCUT2D eigenvalue weighted by Crippen LogP contribution is -2.26. The zero-order valence-corrected chi connectivity index (χ0v) is 12.3. The fraction of sp³-hybridized carbons (Fsp3) is 0.0714. The van der Waals surface area contributed by atoms with Crippen molar-refractivity contribution in [3.8, 4) is 0 Å². The summed E-state index contributed by atoms with van der Waals surface area (Å²) in [6.07, 6.45) is 0. The number of thioether (sulfide) groups is 1. The molecule has 0 aromatic heterocycles. The van der Waals surface area contributed by atoms with Crippen LogP contribution < -0.4 is 5.48 Å². The van der Waals surface area contributed by atoms with Crippen molar-refractivity contribution in [2.45, 2.75) is 10.1 Å². The average Bonchev–Trinajstić information content (AvgIpc) is 2.46. The molecule has 0 fully saturated rings. The first-order chi connectivity index (χ1) is 9.28. The van der Waals surface area contributed by atoms with Gasteiger partial charge in [0.1, 0.15) is 5.84 Å². The molecule has 3 nitrogen and oxygen atoms in total. The highest BCUT2D eigenvalue weighted by Gasteiger charge is 2.25. The molecule has 5 heteroatoms. The van der Waals surface area contributed by atoms with Crippen molar-refractivity contribution in [3.63, 3.8) is 0 Å². The molecular weight excluding hydrogens is 324 g/mol. The van der Waals surface area contributed by atoms with Gasteiger partial charge in [0.2, 0.25) is 0 Å². The number of benzene rings is 2. The third-order valence-electron chi connectivity index (χ3n) is 2.87. The monoisotopic (exact) mass is 334 g/mol. The normalized spacial score (nSPS) is 17.6. The standard InChI is InChI=1S/C14H11BrN2OS/c15-10-5-3-4-9(8-10)13-14(17-18)16-11-6-1-2-7-12(11)19-13/h1-8,13,18H,(H,16,17). The second kappa shape index (κ2) is 5.36. The van der Waals surface area contributed by atoms with Crippen molar-refractivity contribution in [2.24, 2.45) is 4.99 Å². The predicted molar refractivity (Wildman–Crippen MR) is 81.2 cm³/mol. The largest absolute Gasteiger partial charge is 0.290 e.